The second kappa shape index (κ2) is 4.29. The van der Waals surface area contributed by atoms with E-state index in [1.807, 2.05) is 14.0 Å². The molecule has 1 saturated carbocycles. The Balaban J connectivity index is 2.46. The van der Waals surface area contributed by atoms with E-state index < -0.39 is 0 Å². The smallest absolute Gasteiger partial charge is 0.0335 e. The summed E-state index contributed by atoms with van der Waals surface area (Å²) in [7, 11) is 1.84. The highest BCUT2D eigenvalue weighted by Crippen LogP contribution is 2.24. The zero-order valence-electron chi connectivity index (χ0n) is 8.01. The number of allylic oxidation sites excluding steroid dienone is 1. The summed E-state index contributed by atoms with van der Waals surface area (Å²) in [6.45, 7) is 5.87. The van der Waals surface area contributed by atoms with Gasteiger partial charge < -0.3 is 10.3 Å². The molecule has 2 unspecified atom stereocenters. The summed E-state index contributed by atoms with van der Waals surface area (Å²) in [6.07, 6.45) is 5.89. The molecule has 1 N–H and O–H groups in total. The minimum atomic E-state index is 0.575. The van der Waals surface area contributed by atoms with Crippen molar-refractivity contribution < 1.29 is 0 Å². The summed E-state index contributed by atoms with van der Waals surface area (Å²) in [5, 5.41) is 3.39. The van der Waals surface area contributed by atoms with Crippen LogP contribution < -0.4 is 5.32 Å². The van der Waals surface area contributed by atoms with Gasteiger partial charge in [-0.15, -0.1) is 0 Å². The largest absolute Gasteiger partial charge is 0.386 e. The molecule has 68 valence electrons. The van der Waals surface area contributed by atoms with Crippen LogP contribution in [0.4, 0.5) is 0 Å². The molecule has 1 fully saturated rings. The molecular formula is C10H18N2. The lowest BCUT2D eigenvalue weighted by Crippen LogP contribution is -2.31. The fourth-order valence-corrected chi connectivity index (χ4v) is 1.85. The molecule has 1 rings (SSSR count). The molecule has 0 amide bonds. The first-order valence-electron chi connectivity index (χ1n) is 4.58. The van der Waals surface area contributed by atoms with Crippen molar-refractivity contribution in [2.45, 2.75) is 32.2 Å². The number of hydrogen-bond acceptors (Lipinski definition) is 2. The molecule has 1 aliphatic carbocycles. The van der Waals surface area contributed by atoms with Crippen LogP contribution in [0.25, 0.3) is 0 Å². The standard InChI is InChI=1S/C10H18N2/c1-8(2)12-10-6-4-5-9(10)7-11-3/h7,9-10,12H,1,4-6H2,2-3H3/b11-7-. The van der Waals surface area contributed by atoms with Crippen molar-refractivity contribution in [3.63, 3.8) is 0 Å². The molecule has 0 heterocycles. The number of nitrogens with zero attached hydrogens (tertiary/aromatic N) is 1. The van der Waals surface area contributed by atoms with Gasteiger partial charge in [-0.25, -0.2) is 0 Å². The van der Waals surface area contributed by atoms with Crippen LogP contribution in [0.15, 0.2) is 17.3 Å². The highest BCUT2D eigenvalue weighted by molar-refractivity contribution is 5.62. The Morgan fingerprint density at radius 2 is 2.33 bits per heavy atom. The van der Waals surface area contributed by atoms with Crippen molar-refractivity contribution in [2.75, 3.05) is 7.05 Å². The minimum absolute atomic E-state index is 0.575. The maximum absolute atomic E-state index is 4.08. The third-order valence-electron chi connectivity index (χ3n) is 2.34. The summed E-state index contributed by atoms with van der Waals surface area (Å²) in [5.41, 5.74) is 1.07. The third kappa shape index (κ3) is 2.36. The number of aliphatic imine (C=N–C) groups is 1. The summed E-state index contributed by atoms with van der Waals surface area (Å²) < 4.78 is 0. The average molecular weight is 166 g/mol. The zero-order valence-corrected chi connectivity index (χ0v) is 8.01. The Morgan fingerprint density at radius 3 is 2.92 bits per heavy atom. The first kappa shape index (κ1) is 9.30. The summed E-state index contributed by atoms with van der Waals surface area (Å²) >= 11 is 0. The van der Waals surface area contributed by atoms with Gasteiger partial charge in [-0.1, -0.05) is 13.0 Å². The molecule has 2 heteroatoms. The minimum Gasteiger partial charge on any atom is -0.386 e. The molecule has 0 aromatic rings. The maximum atomic E-state index is 4.08. The lowest BCUT2D eigenvalue weighted by Gasteiger charge is -2.18. The Morgan fingerprint density at radius 1 is 1.58 bits per heavy atom. The van der Waals surface area contributed by atoms with E-state index in [4.69, 9.17) is 0 Å². The van der Waals surface area contributed by atoms with Crippen molar-refractivity contribution in [3.8, 4) is 0 Å². The van der Waals surface area contributed by atoms with Crippen LogP contribution in [0.1, 0.15) is 26.2 Å². The van der Waals surface area contributed by atoms with Gasteiger partial charge in [0.1, 0.15) is 0 Å². The van der Waals surface area contributed by atoms with E-state index in [1.54, 1.807) is 0 Å². The van der Waals surface area contributed by atoms with Crippen LogP contribution in [0, 0.1) is 5.92 Å². The van der Waals surface area contributed by atoms with Crippen LogP contribution in [-0.4, -0.2) is 19.3 Å². The summed E-state index contributed by atoms with van der Waals surface area (Å²) in [5.74, 6) is 0.617. The predicted octanol–water partition coefficient (Wildman–Crippen LogP) is 1.98. The van der Waals surface area contributed by atoms with Gasteiger partial charge in [-0.2, -0.15) is 0 Å². The van der Waals surface area contributed by atoms with Crippen molar-refractivity contribution in [3.05, 3.63) is 12.3 Å². The van der Waals surface area contributed by atoms with Crippen molar-refractivity contribution >= 4 is 6.21 Å². The van der Waals surface area contributed by atoms with Gasteiger partial charge in [0.15, 0.2) is 0 Å². The Labute approximate surface area is 74.8 Å². The van der Waals surface area contributed by atoms with Gasteiger partial charge in [0, 0.05) is 30.9 Å². The predicted molar refractivity (Wildman–Crippen MR) is 53.5 cm³/mol. The Kier molecular flexibility index (Phi) is 3.32. The Bertz CT molecular complexity index is 184. The van der Waals surface area contributed by atoms with Gasteiger partial charge >= 0.3 is 0 Å². The van der Waals surface area contributed by atoms with Crippen molar-refractivity contribution in [1.82, 2.24) is 5.32 Å². The monoisotopic (exact) mass is 166 g/mol. The third-order valence-corrected chi connectivity index (χ3v) is 2.34. The molecule has 12 heavy (non-hydrogen) atoms. The van der Waals surface area contributed by atoms with Crippen LogP contribution in [0.5, 0.6) is 0 Å². The Hall–Kier alpha value is -0.790. The topological polar surface area (TPSA) is 24.4 Å². The number of rotatable bonds is 3. The SMILES string of the molecule is C=C(C)NC1CCCC1/C=N\C. The lowest BCUT2D eigenvalue weighted by molar-refractivity contribution is 0.529. The molecule has 0 saturated heterocycles. The molecule has 1 aliphatic rings. The van der Waals surface area contributed by atoms with E-state index in [9.17, 15) is 0 Å². The lowest BCUT2D eigenvalue weighted by atomic mass is 10.1. The maximum Gasteiger partial charge on any atom is 0.0335 e. The van der Waals surface area contributed by atoms with Crippen LogP contribution in [0.3, 0.4) is 0 Å². The molecular weight excluding hydrogens is 148 g/mol. The van der Waals surface area contributed by atoms with Crippen molar-refractivity contribution in [2.24, 2.45) is 10.9 Å². The van der Waals surface area contributed by atoms with Gasteiger partial charge in [0.2, 0.25) is 0 Å². The van der Waals surface area contributed by atoms with E-state index in [2.05, 4.69) is 23.1 Å². The van der Waals surface area contributed by atoms with Crippen molar-refractivity contribution in [1.29, 1.82) is 0 Å². The van der Waals surface area contributed by atoms with E-state index in [1.165, 1.54) is 19.3 Å². The second-order valence-corrected chi connectivity index (χ2v) is 3.53. The fourth-order valence-electron chi connectivity index (χ4n) is 1.85. The first-order chi connectivity index (χ1) is 5.74. The van der Waals surface area contributed by atoms with Crippen LogP contribution >= 0.6 is 0 Å². The molecule has 0 aromatic carbocycles. The summed E-state index contributed by atoms with van der Waals surface area (Å²) in [6, 6.07) is 0.575. The zero-order chi connectivity index (χ0) is 8.97. The normalized spacial score (nSPS) is 29.5. The second-order valence-electron chi connectivity index (χ2n) is 3.53. The number of hydrogen-bond donors (Lipinski definition) is 1. The first-order valence-corrected chi connectivity index (χ1v) is 4.58. The van der Waals surface area contributed by atoms with Gasteiger partial charge in [-0.3, -0.25) is 0 Å². The fraction of sp³-hybridized carbons (Fsp3) is 0.700. The van der Waals surface area contributed by atoms with E-state index >= 15 is 0 Å². The highest BCUT2D eigenvalue weighted by atomic mass is 14.9. The molecule has 0 radical (unpaired) electrons. The number of nitrogens with one attached hydrogen (secondary N) is 1. The molecule has 2 nitrogen and oxygen atoms in total. The molecule has 0 bridgehead atoms. The molecule has 0 aliphatic heterocycles. The molecule has 2 atom stereocenters. The molecule has 0 spiro atoms. The quantitative estimate of drug-likeness (QED) is 0.637. The van der Waals surface area contributed by atoms with Crippen LogP contribution in [0.2, 0.25) is 0 Å². The van der Waals surface area contributed by atoms with Gasteiger partial charge in [0.25, 0.3) is 0 Å². The van der Waals surface area contributed by atoms with Gasteiger partial charge in [-0.05, 0) is 19.8 Å². The van der Waals surface area contributed by atoms with Gasteiger partial charge in [0.05, 0.1) is 0 Å². The van der Waals surface area contributed by atoms with Crippen LogP contribution in [-0.2, 0) is 0 Å². The molecule has 0 aromatic heterocycles. The summed E-state index contributed by atoms with van der Waals surface area (Å²) in [4.78, 5) is 4.08. The van der Waals surface area contributed by atoms with E-state index in [0.717, 1.165) is 5.70 Å². The average Bonchev–Trinajstić information content (AvgIpc) is 2.37. The van der Waals surface area contributed by atoms with E-state index in [0.29, 0.717) is 12.0 Å². The van der Waals surface area contributed by atoms with E-state index in [-0.39, 0.29) is 0 Å². The highest BCUT2D eigenvalue weighted by Gasteiger charge is 2.24.